The normalized spacial score (nSPS) is 14.9. The van der Waals surface area contributed by atoms with Crippen molar-refractivity contribution in [3.63, 3.8) is 0 Å². The van der Waals surface area contributed by atoms with Crippen LogP contribution >= 0.6 is 34.9 Å². The van der Waals surface area contributed by atoms with Gasteiger partial charge in [-0.1, -0.05) is 11.3 Å². The Labute approximate surface area is 189 Å². The number of ether oxygens (including phenoxy) is 1. The topological polar surface area (TPSA) is 45.7 Å². The molecule has 2 heterocycles. The number of rotatable bonds is 7. The first-order valence-corrected chi connectivity index (χ1v) is 13.1. The highest BCUT2D eigenvalue weighted by atomic mass is 32.2. The summed E-state index contributed by atoms with van der Waals surface area (Å²) in [4.78, 5) is 24.8. The quantitative estimate of drug-likeness (QED) is 0.477. The van der Waals surface area contributed by atoms with Gasteiger partial charge in [0.05, 0.1) is 23.4 Å². The summed E-state index contributed by atoms with van der Waals surface area (Å²) >= 11 is 4.97. The Hall–Kier alpha value is -1.58. The van der Waals surface area contributed by atoms with Crippen molar-refractivity contribution in [1.29, 1.82) is 0 Å². The molecule has 5 nitrogen and oxygen atoms in total. The Morgan fingerprint density at radius 3 is 2.50 bits per heavy atom. The van der Waals surface area contributed by atoms with Gasteiger partial charge < -0.3 is 4.74 Å². The fourth-order valence-corrected chi connectivity index (χ4v) is 5.33. The number of benzene rings is 2. The minimum absolute atomic E-state index is 0.0000543. The van der Waals surface area contributed by atoms with E-state index in [1.165, 1.54) is 4.90 Å². The number of hydrogen-bond donors (Lipinski definition) is 0. The van der Waals surface area contributed by atoms with Gasteiger partial charge in [-0.2, -0.15) is 0 Å². The Kier molecular flexibility index (Phi) is 7.32. The summed E-state index contributed by atoms with van der Waals surface area (Å²) in [6, 6.07) is 14.1. The SMILES string of the molecule is CSc1ccc(C(=O)N(CCN2CCOCC2)c2nc3ccc(SC)cc3s2)cc1. The molecule has 0 spiro atoms. The highest BCUT2D eigenvalue weighted by Crippen LogP contribution is 2.32. The zero-order chi connectivity index (χ0) is 20.9. The monoisotopic (exact) mass is 459 g/mol. The lowest BCUT2D eigenvalue weighted by Gasteiger charge is -2.29. The van der Waals surface area contributed by atoms with Gasteiger partial charge >= 0.3 is 0 Å². The molecule has 4 rings (SSSR count). The zero-order valence-electron chi connectivity index (χ0n) is 17.2. The fraction of sp³-hybridized carbons (Fsp3) is 0.364. The maximum atomic E-state index is 13.5. The molecule has 0 atom stereocenters. The first-order valence-electron chi connectivity index (χ1n) is 9.88. The maximum Gasteiger partial charge on any atom is 0.260 e. The van der Waals surface area contributed by atoms with Gasteiger partial charge in [0.1, 0.15) is 0 Å². The minimum atomic E-state index is 0.0000543. The number of fused-ring (bicyclic) bond motifs is 1. The number of carbonyl (C=O) groups is 1. The Morgan fingerprint density at radius 2 is 1.80 bits per heavy atom. The summed E-state index contributed by atoms with van der Waals surface area (Å²) in [5, 5.41) is 0.760. The van der Waals surface area contributed by atoms with Gasteiger partial charge in [-0.25, -0.2) is 4.98 Å². The number of nitrogens with zero attached hydrogens (tertiary/aromatic N) is 3. The number of carbonyl (C=O) groups excluding carboxylic acids is 1. The van der Waals surface area contributed by atoms with E-state index in [1.807, 2.05) is 41.5 Å². The third-order valence-corrected chi connectivity index (χ3v) is 7.65. The largest absolute Gasteiger partial charge is 0.379 e. The van der Waals surface area contributed by atoms with Crippen LogP contribution in [0.1, 0.15) is 10.4 Å². The number of anilines is 1. The van der Waals surface area contributed by atoms with Gasteiger partial charge in [-0.05, 0) is 55.0 Å². The van der Waals surface area contributed by atoms with E-state index in [0.29, 0.717) is 12.1 Å². The molecule has 0 unspecified atom stereocenters. The van der Waals surface area contributed by atoms with Gasteiger partial charge in [0, 0.05) is 41.5 Å². The second-order valence-corrected chi connectivity index (χ2v) is 9.74. The molecule has 30 heavy (non-hydrogen) atoms. The molecule has 8 heteroatoms. The summed E-state index contributed by atoms with van der Waals surface area (Å²) in [5.74, 6) is 0.0000543. The zero-order valence-corrected chi connectivity index (χ0v) is 19.6. The molecule has 1 aliphatic rings. The number of aromatic nitrogens is 1. The molecule has 1 amide bonds. The second-order valence-electron chi connectivity index (χ2n) is 6.97. The molecule has 1 aromatic heterocycles. The van der Waals surface area contributed by atoms with E-state index >= 15 is 0 Å². The molecule has 1 aliphatic heterocycles. The van der Waals surface area contributed by atoms with Crippen LogP contribution in [0.3, 0.4) is 0 Å². The van der Waals surface area contributed by atoms with E-state index in [0.717, 1.165) is 53.1 Å². The van der Waals surface area contributed by atoms with Crippen LogP contribution in [-0.2, 0) is 4.74 Å². The predicted octanol–water partition coefficient (Wildman–Crippen LogP) is 4.72. The average Bonchev–Trinajstić information content (AvgIpc) is 3.22. The summed E-state index contributed by atoms with van der Waals surface area (Å²) in [7, 11) is 0. The first-order chi connectivity index (χ1) is 14.7. The average molecular weight is 460 g/mol. The van der Waals surface area contributed by atoms with E-state index in [2.05, 4.69) is 23.3 Å². The highest BCUT2D eigenvalue weighted by molar-refractivity contribution is 7.98. The van der Waals surface area contributed by atoms with Crippen LogP contribution in [0.25, 0.3) is 10.2 Å². The third kappa shape index (κ3) is 5.00. The molecule has 0 bridgehead atoms. The molecule has 1 fully saturated rings. The number of thiazole rings is 1. The lowest BCUT2D eigenvalue weighted by molar-refractivity contribution is 0.0391. The molecule has 0 radical (unpaired) electrons. The summed E-state index contributed by atoms with van der Waals surface area (Å²) in [6.45, 7) is 4.73. The van der Waals surface area contributed by atoms with Gasteiger partial charge in [0.25, 0.3) is 5.91 Å². The molecular formula is C22H25N3O2S3. The standard InChI is InChI=1S/C22H25N3O2S3/c1-28-17-5-3-16(4-6-17)21(26)25(10-9-24-11-13-27-14-12-24)22-23-19-8-7-18(29-2)15-20(19)30-22/h3-8,15H,9-14H2,1-2H3. The molecule has 3 aromatic rings. The molecule has 1 saturated heterocycles. The van der Waals surface area contributed by atoms with Crippen LogP contribution in [-0.4, -0.2) is 67.7 Å². The second kappa shape index (κ2) is 10.2. The first kappa shape index (κ1) is 21.6. The van der Waals surface area contributed by atoms with E-state index in [-0.39, 0.29) is 5.91 Å². The molecule has 2 aromatic carbocycles. The Bertz CT molecular complexity index is 1000. The molecule has 0 N–H and O–H groups in total. The summed E-state index contributed by atoms with van der Waals surface area (Å²) in [5.41, 5.74) is 1.63. The number of morpholine rings is 1. The van der Waals surface area contributed by atoms with Crippen molar-refractivity contribution in [2.24, 2.45) is 0 Å². The highest BCUT2D eigenvalue weighted by Gasteiger charge is 2.23. The molecule has 158 valence electrons. The maximum absolute atomic E-state index is 13.5. The van der Waals surface area contributed by atoms with Crippen LogP contribution in [0.2, 0.25) is 0 Å². The predicted molar refractivity (Wildman–Crippen MR) is 129 cm³/mol. The third-order valence-electron chi connectivity index (χ3n) is 5.14. The number of amides is 1. The van der Waals surface area contributed by atoms with Crippen molar-refractivity contribution in [1.82, 2.24) is 9.88 Å². The lowest BCUT2D eigenvalue weighted by Crippen LogP contribution is -2.43. The van der Waals surface area contributed by atoms with Crippen LogP contribution in [0.15, 0.2) is 52.3 Å². The van der Waals surface area contributed by atoms with Crippen LogP contribution in [0, 0.1) is 0 Å². The van der Waals surface area contributed by atoms with Gasteiger partial charge in [-0.15, -0.1) is 23.5 Å². The molecule has 0 aliphatic carbocycles. The lowest BCUT2D eigenvalue weighted by atomic mass is 10.2. The number of hydrogen-bond acceptors (Lipinski definition) is 7. The number of thioether (sulfide) groups is 2. The fourth-order valence-electron chi connectivity index (χ4n) is 3.37. The Balaban J connectivity index is 1.62. The van der Waals surface area contributed by atoms with Gasteiger partial charge in [-0.3, -0.25) is 14.6 Å². The minimum Gasteiger partial charge on any atom is -0.379 e. The van der Waals surface area contributed by atoms with Crippen molar-refractivity contribution in [3.05, 3.63) is 48.0 Å². The molecular weight excluding hydrogens is 434 g/mol. The Morgan fingerprint density at radius 1 is 1.10 bits per heavy atom. The van der Waals surface area contributed by atoms with Crippen molar-refractivity contribution >= 4 is 56.1 Å². The van der Waals surface area contributed by atoms with Crippen molar-refractivity contribution in [3.8, 4) is 0 Å². The van der Waals surface area contributed by atoms with E-state index in [1.54, 1.807) is 34.9 Å². The van der Waals surface area contributed by atoms with E-state index in [9.17, 15) is 4.79 Å². The molecule has 0 saturated carbocycles. The van der Waals surface area contributed by atoms with Crippen LogP contribution in [0.4, 0.5) is 5.13 Å². The smallest absolute Gasteiger partial charge is 0.260 e. The van der Waals surface area contributed by atoms with Gasteiger partial charge in [0.2, 0.25) is 0 Å². The van der Waals surface area contributed by atoms with Crippen LogP contribution in [0.5, 0.6) is 0 Å². The summed E-state index contributed by atoms with van der Waals surface area (Å²) in [6.07, 6.45) is 4.11. The van der Waals surface area contributed by atoms with Crippen molar-refractivity contribution in [2.75, 3.05) is 56.8 Å². The van der Waals surface area contributed by atoms with E-state index < -0.39 is 0 Å². The van der Waals surface area contributed by atoms with Crippen molar-refractivity contribution in [2.45, 2.75) is 9.79 Å². The van der Waals surface area contributed by atoms with Crippen LogP contribution < -0.4 is 4.90 Å². The van der Waals surface area contributed by atoms with Gasteiger partial charge in [0.15, 0.2) is 5.13 Å². The van der Waals surface area contributed by atoms with Crippen molar-refractivity contribution < 1.29 is 9.53 Å². The summed E-state index contributed by atoms with van der Waals surface area (Å²) < 4.78 is 6.56. The van der Waals surface area contributed by atoms with E-state index in [4.69, 9.17) is 9.72 Å².